The first kappa shape index (κ1) is 5.03. The molecule has 1 N–H and O–H groups in total. The van der Waals surface area contributed by atoms with Gasteiger partial charge < -0.3 is 5.32 Å². The van der Waals surface area contributed by atoms with Gasteiger partial charge in [0.15, 0.2) is 0 Å². The van der Waals surface area contributed by atoms with E-state index in [1.54, 1.807) is 6.21 Å². The molecule has 0 fully saturated rings. The minimum atomic E-state index is -0.0810. The summed E-state index contributed by atoms with van der Waals surface area (Å²) in [4.78, 5) is 14.1. The van der Waals surface area contributed by atoms with Gasteiger partial charge in [0.25, 0.3) is 0 Å². The zero-order valence-corrected chi connectivity index (χ0v) is 4.29. The molecule has 1 heterocycles. The lowest BCUT2D eigenvalue weighted by molar-refractivity contribution is -0.116. The van der Waals surface area contributed by atoms with E-state index in [-0.39, 0.29) is 5.91 Å². The van der Waals surface area contributed by atoms with Crippen LogP contribution in [0, 0.1) is 0 Å². The smallest absolute Gasteiger partial charge is 0.245 e. The molecule has 0 bridgehead atoms. The lowest BCUT2D eigenvalue weighted by Crippen LogP contribution is -2.21. The fourth-order valence-corrected chi connectivity index (χ4v) is 0.429. The van der Waals surface area contributed by atoms with Crippen LogP contribution in [0.4, 0.5) is 0 Å². The van der Waals surface area contributed by atoms with Crippen molar-refractivity contribution in [2.45, 2.75) is 0 Å². The Hall–Kier alpha value is -1.12. The Kier molecular flexibility index (Phi) is 1.42. The van der Waals surface area contributed by atoms with E-state index in [2.05, 4.69) is 10.3 Å². The van der Waals surface area contributed by atoms with Crippen LogP contribution in [0.2, 0.25) is 0 Å². The summed E-state index contributed by atoms with van der Waals surface area (Å²) in [5.74, 6) is -0.0810. The van der Waals surface area contributed by atoms with Gasteiger partial charge in [-0.3, -0.25) is 9.79 Å². The molecule has 0 aliphatic carbocycles. The van der Waals surface area contributed by atoms with Crippen LogP contribution < -0.4 is 5.32 Å². The van der Waals surface area contributed by atoms with Crippen molar-refractivity contribution in [2.75, 3.05) is 6.54 Å². The third kappa shape index (κ3) is 1.18. The standard InChI is InChI=1S/C5H6N2O/c8-5-1-2-6-3-4-7-5/h1-3H,4H2,(H,7,8). The first-order valence-electron chi connectivity index (χ1n) is 2.35. The highest BCUT2D eigenvalue weighted by Crippen LogP contribution is 1.77. The molecule has 8 heavy (non-hydrogen) atoms. The number of aliphatic imine (C=N–C) groups is 1. The summed E-state index contributed by atoms with van der Waals surface area (Å²) >= 11 is 0. The molecule has 1 aliphatic rings. The van der Waals surface area contributed by atoms with Gasteiger partial charge >= 0.3 is 0 Å². The van der Waals surface area contributed by atoms with Gasteiger partial charge in [-0.05, 0) is 0 Å². The monoisotopic (exact) mass is 110 g/mol. The second-order valence-electron chi connectivity index (χ2n) is 1.39. The van der Waals surface area contributed by atoms with E-state index >= 15 is 0 Å². The van der Waals surface area contributed by atoms with Crippen molar-refractivity contribution in [1.29, 1.82) is 0 Å². The fraction of sp³-hybridized carbons (Fsp3) is 0.200. The average molecular weight is 110 g/mol. The molecule has 42 valence electrons. The van der Waals surface area contributed by atoms with Gasteiger partial charge in [-0.1, -0.05) is 0 Å². The summed E-state index contributed by atoms with van der Waals surface area (Å²) in [6, 6.07) is 0. The number of hydrogen-bond donors (Lipinski definition) is 1. The Bertz CT molecular complexity index is 149. The van der Waals surface area contributed by atoms with E-state index in [0.29, 0.717) is 6.54 Å². The molecule has 0 saturated heterocycles. The second kappa shape index (κ2) is 2.26. The normalized spacial score (nSPS) is 17.8. The van der Waals surface area contributed by atoms with Crippen LogP contribution in [0.15, 0.2) is 17.3 Å². The summed E-state index contributed by atoms with van der Waals surface area (Å²) in [6.07, 6.45) is 4.51. The van der Waals surface area contributed by atoms with Crippen LogP contribution >= 0.6 is 0 Å². The van der Waals surface area contributed by atoms with Crippen LogP contribution in [0.5, 0.6) is 0 Å². The summed E-state index contributed by atoms with van der Waals surface area (Å²) in [5, 5.41) is 2.57. The molecule has 3 heteroatoms. The molecule has 0 aromatic rings. The molecular formula is C5H6N2O. The SMILES string of the molecule is O=C1C=CN=CCN1. The van der Waals surface area contributed by atoms with Crippen LogP contribution in [0.1, 0.15) is 0 Å². The van der Waals surface area contributed by atoms with Crippen molar-refractivity contribution in [3.8, 4) is 0 Å². The second-order valence-corrected chi connectivity index (χ2v) is 1.39. The molecule has 0 unspecified atom stereocenters. The Labute approximate surface area is 47.1 Å². The van der Waals surface area contributed by atoms with Crippen molar-refractivity contribution in [3.05, 3.63) is 12.3 Å². The lowest BCUT2D eigenvalue weighted by Gasteiger charge is -1.89. The minimum Gasteiger partial charge on any atom is -0.347 e. The molecule has 0 saturated carbocycles. The maximum absolute atomic E-state index is 10.4. The van der Waals surface area contributed by atoms with E-state index in [0.717, 1.165) is 0 Å². The number of carbonyl (C=O) groups is 1. The van der Waals surface area contributed by atoms with Crippen LogP contribution in [0.25, 0.3) is 0 Å². The molecule has 0 radical (unpaired) electrons. The number of hydrogen-bond acceptors (Lipinski definition) is 2. The Morgan fingerprint density at radius 3 is 3.50 bits per heavy atom. The fourth-order valence-electron chi connectivity index (χ4n) is 0.429. The first-order valence-corrected chi connectivity index (χ1v) is 2.35. The minimum absolute atomic E-state index is 0.0810. The zero-order chi connectivity index (χ0) is 5.82. The molecule has 0 spiro atoms. The quantitative estimate of drug-likeness (QED) is 0.457. The van der Waals surface area contributed by atoms with Crippen molar-refractivity contribution in [2.24, 2.45) is 4.99 Å². The van der Waals surface area contributed by atoms with Crippen molar-refractivity contribution >= 4 is 12.1 Å². The molecule has 0 aromatic carbocycles. The van der Waals surface area contributed by atoms with Crippen LogP contribution in [0.3, 0.4) is 0 Å². The van der Waals surface area contributed by atoms with E-state index in [1.807, 2.05) is 0 Å². The van der Waals surface area contributed by atoms with Crippen molar-refractivity contribution in [1.82, 2.24) is 5.32 Å². The number of rotatable bonds is 0. The molecular weight excluding hydrogens is 104 g/mol. The van der Waals surface area contributed by atoms with E-state index in [9.17, 15) is 4.79 Å². The topological polar surface area (TPSA) is 41.5 Å². The molecule has 3 nitrogen and oxygen atoms in total. The number of nitrogens with zero attached hydrogens (tertiary/aromatic N) is 1. The Morgan fingerprint density at radius 1 is 1.75 bits per heavy atom. The Morgan fingerprint density at radius 2 is 2.62 bits per heavy atom. The number of carbonyl (C=O) groups excluding carboxylic acids is 1. The van der Waals surface area contributed by atoms with Gasteiger partial charge in [0, 0.05) is 18.5 Å². The Balaban J connectivity index is 2.58. The average Bonchev–Trinajstić information content (AvgIpc) is 1.94. The van der Waals surface area contributed by atoms with Gasteiger partial charge in [0.2, 0.25) is 5.91 Å². The predicted molar refractivity (Wildman–Crippen MR) is 30.6 cm³/mol. The molecule has 1 aliphatic heterocycles. The highest BCUT2D eigenvalue weighted by molar-refractivity contribution is 5.90. The maximum atomic E-state index is 10.4. The summed E-state index contributed by atoms with van der Waals surface area (Å²) < 4.78 is 0. The molecule has 1 rings (SSSR count). The molecule has 0 aromatic heterocycles. The largest absolute Gasteiger partial charge is 0.347 e. The van der Waals surface area contributed by atoms with Gasteiger partial charge in [-0.25, -0.2) is 0 Å². The number of amides is 1. The van der Waals surface area contributed by atoms with E-state index in [4.69, 9.17) is 0 Å². The van der Waals surface area contributed by atoms with E-state index in [1.165, 1.54) is 12.3 Å². The van der Waals surface area contributed by atoms with Crippen molar-refractivity contribution in [3.63, 3.8) is 0 Å². The van der Waals surface area contributed by atoms with E-state index < -0.39 is 0 Å². The van der Waals surface area contributed by atoms with Crippen molar-refractivity contribution < 1.29 is 4.79 Å². The summed E-state index contributed by atoms with van der Waals surface area (Å²) in [5.41, 5.74) is 0. The summed E-state index contributed by atoms with van der Waals surface area (Å²) in [6.45, 7) is 0.534. The highest BCUT2D eigenvalue weighted by Gasteiger charge is 1.91. The maximum Gasteiger partial charge on any atom is 0.245 e. The molecule has 0 atom stereocenters. The van der Waals surface area contributed by atoms with Gasteiger partial charge in [0.1, 0.15) is 0 Å². The molecule has 1 amide bonds. The van der Waals surface area contributed by atoms with Gasteiger partial charge in [-0.2, -0.15) is 0 Å². The third-order valence-corrected chi connectivity index (χ3v) is 0.785. The lowest BCUT2D eigenvalue weighted by atomic mass is 10.6. The predicted octanol–water partition coefficient (Wildman–Crippen LogP) is -0.299. The van der Waals surface area contributed by atoms with Gasteiger partial charge in [-0.15, -0.1) is 0 Å². The van der Waals surface area contributed by atoms with Crippen LogP contribution in [-0.2, 0) is 4.79 Å². The van der Waals surface area contributed by atoms with Gasteiger partial charge in [0.05, 0.1) is 6.54 Å². The first-order chi connectivity index (χ1) is 3.89. The number of nitrogens with one attached hydrogen (secondary N) is 1. The van der Waals surface area contributed by atoms with Crippen LogP contribution in [-0.4, -0.2) is 18.7 Å². The third-order valence-electron chi connectivity index (χ3n) is 0.785. The zero-order valence-electron chi connectivity index (χ0n) is 4.29. The highest BCUT2D eigenvalue weighted by atomic mass is 16.1. The summed E-state index contributed by atoms with van der Waals surface area (Å²) in [7, 11) is 0.